The highest BCUT2D eigenvalue weighted by Crippen LogP contribution is 2.30. The van der Waals surface area contributed by atoms with Crippen LogP contribution >= 0.6 is 0 Å². The van der Waals surface area contributed by atoms with Gasteiger partial charge in [0.25, 0.3) is 0 Å². The van der Waals surface area contributed by atoms with Gasteiger partial charge < -0.3 is 10.1 Å². The van der Waals surface area contributed by atoms with E-state index in [1.807, 2.05) is 42.6 Å². The number of Topliss-reactive ketones (excluding diaryl/α,β-unsaturated/α-hetero) is 1. The van der Waals surface area contributed by atoms with Crippen molar-refractivity contribution in [2.75, 3.05) is 12.4 Å². The summed E-state index contributed by atoms with van der Waals surface area (Å²) in [5.41, 5.74) is 4.16. The van der Waals surface area contributed by atoms with Crippen molar-refractivity contribution in [1.29, 1.82) is 0 Å². The van der Waals surface area contributed by atoms with E-state index < -0.39 is 0 Å². The third-order valence-corrected chi connectivity index (χ3v) is 5.08. The second-order valence-corrected chi connectivity index (χ2v) is 6.88. The lowest BCUT2D eigenvalue weighted by molar-refractivity contribution is 0.102. The zero-order valence-corrected chi connectivity index (χ0v) is 15.2. The molecule has 0 atom stereocenters. The van der Waals surface area contributed by atoms with Gasteiger partial charge in [0.2, 0.25) is 0 Å². The van der Waals surface area contributed by atoms with Crippen LogP contribution in [0, 0.1) is 0 Å². The van der Waals surface area contributed by atoms with Crippen LogP contribution in [0.3, 0.4) is 0 Å². The zero-order valence-electron chi connectivity index (χ0n) is 15.2. The lowest BCUT2D eigenvalue weighted by Crippen LogP contribution is -2.14. The molecule has 5 nitrogen and oxygen atoms in total. The molecule has 26 heavy (non-hydrogen) atoms. The molecule has 0 unspecified atom stereocenters. The molecule has 1 aliphatic rings. The number of rotatable bonds is 5. The van der Waals surface area contributed by atoms with Gasteiger partial charge in [0, 0.05) is 23.5 Å². The van der Waals surface area contributed by atoms with E-state index in [4.69, 9.17) is 4.74 Å². The Labute approximate surface area is 153 Å². The van der Waals surface area contributed by atoms with Crippen LogP contribution in [0.25, 0.3) is 16.8 Å². The summed E-state index contributed by atoms with van der Waals surface area (Å²) in [6.07, 6.45) is 6.91. The van der Waals surface area contributed by atoms with E-state index in [1.165, 1.54) is 25.7 Å². The Morgan fingerprint density at radius 1 is 1.19 bits per heavy atom. The number of ketones is 1. The van der Waals surface area contributed by atoms with E-state index in [2.05, 4.69) is 10.4 Å². The molecule has 134 valence electrons. The molecule has 1 aromatic carbocycles. The van der Waals surface area contributed by atoms with E-state index in [9.17, 15) is 4.79 Å². The maximum absolute atomic E-state index is 12.4. The summed E-state index contributed by atoms with van der Waals surface area (Å²) in [7, 11) is 1.64. The van der Waals surface area contributed by atoms with E-state index in [-0.39, 0.29) is 5.78 Å². The van der Waals surface area contributed by atoms with Crippen molar-refractivity contribution in [1.82, 2.24) is 9.61 Å². The standard InChI is InChI=1S/C21H23N3O2/c1-14(25)20-19-13-17(22-16-5-3-4-6-16)11-12-24(19)23-21(20)15-7-9-18(26-2)10-8-15/h7-13,16,22H,3-6H2,1-2H3. The largest absolute Gasteiger partial charge is 0.497 e. The van der Waals surface area contributed by atoms with Crippen LogP contribution in [0.15, 0.2) is 42.6 Å². The molecule has 4 rings (SSSR count). The number of nitrogens with zero attached hydrogens (tertiary/aromatic N) is 2. The number of pyridine rings is 1. The summed E-state index contributed by atoms with van der Waals surface area (Å²) >= 11 is 0. The molecule has 1 N–H and O–H groups in total. The van der Waals surface area contributed by atoms with Crippen LogP contribution in [0.5, 0.6) is 5.75 Å². The first-order chi connectivity index (χ1) is 12.7. The van der Waals surface area contributed by atoms with Crippen LogP contribution < -0.4 is 10.1 Å². The summed E-state index contributed by atoms with van der Waals surface area (Å²) < 4.78 is 7.01. The molecule has 0 radical (unpaired) electrons. The summed E-state index contributed by atoms with van der Waals surface area (Å²) in [5, 5.41) is 8.25. The minimum Gasteiger partial charge on any atom is -0.497 e. The van der Waals surface area contributed by atoms with Gasteiger partial charge in [-0.3, -0.25) is 4.79 Å². The SMILES string of the molecule is COc1ccc(-c2nn3ccc(NC4CCCC4)cc3c2C(C)=O)cc1. The van der Waals surface area contributed by atoms with Gasteiger partial charge in [-0.25, -0.2) is 4.52 Å². The number of carbonyl (C=O) groups excluding carboxylic acids is 1. The minimum atomic E-state index is 0.0174. The van der Waals surface area contributed by atoms with Gasteiger partial charge >= 0.3 is 0 Å². The number of methoxy groups -OCH3 is 1. The maximum atomic E-state index is 12.4. The van der Waals surface area contributed by atoms with E-state index in [1.54, 1.807) is 18.5 Å². The van der Waals surface area contributed by atoms with Crippen LogP contribution in [-0.2, 0) is 0 Å². The second kappa shape index (κ2) is 6.83. The molecule has 0 saturated heterocycles. The number of nitrogens with one attached hydrogen (secondary N) is 1. The van der Waals surface area contributed by atoms with Crippen LogP contribution in [0.2, 0.25) is 0 Å². The second-order valence-electron chi connectivity index (χ2n) is 6.88. The van der Waals surface area contributed by atoms with Crippen LogP contribution in [0.4, 0.5) is 5.69 Å². The molecule has 0 aliphatic heterocycles. The summed E-state index contributed by atoms with van der Waals surface area (Å²) in [6.45, 7) is 1.60. The number of ether oxygens (including phenoxy) is 1. The van der Waals surface area contributed by atoms with Crippen molar-refractivity contribution in [3.8, 4) is 17.0 Å². The monoisotopic (exact) mass is 349 g/mol. The predicted octanol–water partition coefficient (Wildman–Crippen LogP) is 4.57. The predicted molar refractivity (Wildman–Crippen MR) is 103 cm³/mol. The maximum Gasteiger partial charge on any atom is 0.164 e. The van der Waals surface area contributed by atoms with E-state index in [0.717, 1.165) is 22.5 Å². The highest BCUT2D eigenvalue weighted by Gasteiger charge is 2.20. The fraction of sp³-hybridized carbons (Fsp3) is 0.333. The number of aromatic nitrogens is 2. The molecule has 0 amide bonds. The molecule has 1 aliphatic carbocycles. The fourth-order valence-corrected chi connectivity index (χ4v) is 3.74. The summed E-state index contributed by atoms with van der Waals surface area (Å²) in [6, 6.07) is 12.2. The Morgan fingerprint density at radius 3 is 2.58 bits per heavy atom. The quantitative estimate of drug-likeness (QED) is 0.686. The lowest BCUT2D eigenvalue weighted by atomic mass is 10.0. The molecular weight excluding hydrogens is 326 g/mol. The number of carbonyl (C=O) groups is 1. The average Bonchev–Trinajstić information content (AvgIpc) is 3.29. The minimum absolute atomic E-state index is 0.0174. The first-order valence-corrected chi connectivity index (χ1v) is 9.10. The smallest absolute Gasteiger partial charge is 0.164 e. The molecule has 2 aromatic heterocycles. The Morgan fingerprint density at radius 2 is 1.92 bits per heavy atom. The number of hydrogen-bond donors (Lipinski definition) is 1. The van der Waals surface area contributed by atoms with Gasteiger partial charge in [0.1, 0.15) is 11.4 Å². The van der Waals surface area contributed by atoms with Crippen molar-refractivity contribution in [3.63, 3.8) is 0 Å². The molecule has 3 aromatic rings. The fourth-order valence-electron chi connectivity index (χ4n) is 3.74. The van der Waals surface area contributed by atoms with Crippen LogP contribution in [0.1, 0.15) is 43.0 Å². The lowest BCUT2D eigenvalue weighted by Gasteiger charge is -2.13. The third-order valence-electron chi connectivity index (χ3n) is 5.08. The van der Waals surface area contributed by atoms with Gasteiger partial charge in [-0.1, -0.05) is 12.8 Å². The highest BCUT2D eigenvalue weighted by atomic mass is 16.5. The summed E-state index contributed by atoms with van der Waals surface area (Å²) in [5.74, 6) is 0.800. The first-order valence-electron chi connectivity index (χ1n) is 9.10. The van der Waals surface area contributed by atoms with Crippen LogP contribution in [-0.4, -0.2) is 28.5 Å². The van der Waals surface area contributed by atoms with Crippen molar-refractivity contribution >= 4 is 17.0 Å². The Hall–Kier alpha value is -2.82. The highest BCUT2D eigenvalue weighted by molar-refractivity contribution is 6.06. The average molecular weight is 349 g/mol. The van der Waals surface area contributed by atoms with Gasteiger partial charge in [0.05, 0.1) is 18.2 Å². The molecule has 5 heteroatoms. The topological polar surface area (TPSA) is 55.6 Å². The molecule has 0 spiro atoms. The van der Waals surface area contributed by atoms with E-state index >= 15 is 0 Å². The number of benzene rings is 1. The Balaban J connectivity index is 1.77. The molecule has 1 saturated carbocycles. The van der Waals surface area contributed by atoms with Gasteiger partial charge in [0.15, 0.2) is 5.78 Å². The van der Waals surface area contributed by atoms with Gasteiger partial charge in [-0.15, -0.1) is 0 Å². The van der Waals surface area contributed by atoms with Gasteiger partial charge in [-0.05, 0) is 56.2 Å². The first kappa shape index (κ1) is 16.6. The van der Waals surface area contributed by atoms with Crippen molar-refractivity contribution in [3.05, 3.63) is 48.2 Å². The van der Waals surface area contributed by atoms with Crippen molar-refractivity contribution in [2.24, 2.45) is 0 Å². The number of anilines is 1. The number of fused-ring (bicyclic) bond motifs is 1. The Bertz CT molecular complexity index is 938. The van der Waals surface area contributed by atoms with Crippen molar-refractivity contribution < 1.29 is 9.53 Å². The van der Waals surface area contributed by atoms with Gasteiger partial charge in [-0.2, -0.15) is 5.10 Å². The third kappa shape index (κ3) is 3.05. The molecular formula is C21H23N3O2. The zero-order chi connectivity index (χ0) is 18.1. The summed E-state index contributed by atoms with van der Waals surface area (Å²) in [4.78, 5) is 12.4. The molecule has 0 bridgehead atoms. The molecule has 2 heterocycles. The number of hydrogen-bond acceptors (Lipinski definition) is 4. The molecule has 1 fully saturated rings. The van der Waals surface area contributed by atoms with Crippen molar-refractivity contribution in [2.45, 2.75) is 38.6 Å². The normalized spacial score (nSPS) is 14.7. The Kier molecular flexibility index (Phi) is 4.37. The van der Waals surface area contributed by atoms with E-state index in [0.29, 0.717) is 17.3 Å².